The number of benzene rings is 1. The van der Waals surface area contributed by atoms with Crippen molar-refractivity contribution in [3.63, 3.8) is 0 Å². The van der Waals surface area contributed by atoms with E-state index in [1.165, 1.54) is 44.2 Å². The number of rotatable bonds is 5. The molecule has 0 spiro atoms. The summed E-state index contributed by atoms with van der Waals surface area (Å²) in [7, 11) is 1.73. The smallest absolute Gasteiger partial charge is 0.119 e. The van der Waals surface area contributed by atoms with Crippen LogP contribution in [-0.4, -0.2) is 25.7 Å². The molecule has 0 aromatic heterocycles. The fourth-order valence-corrected chi connectivity index (χ4v) is 4.08. The van der Waals surface area contributed by atoms with Gasteiger partial charge in [-0.05, 0) is 62.8 Å². The zero-order valence-corrected chi connectivity index (χ0v) is 13.3. The van der Waals surface area contributed by atoms with Gasteiger partial charge in [-0.2, -0.15) is 0 Å². The molecule has 0 bridgehead atoms. The Labute approximate surface area is 128 Å². The van der Waals surface area contributed by atoms with E-state index < -0.39 is 0 Å². The molecule has 2 aliphatic rings. The molecule has 2 N–H and O–H groups in total. The van der Waals surface area contributed by atoms with Crippen LogP contribution in [0, 0.1) is 5.92 Å². The molecule has 1 aromatic carbocycles. The Hall–Kier alpha value is -1.06. The molecule has 1 heterocycles. The Morgan fingerprint density at radius 1 is 1.24 bits per heavy atom. The predicted molar refractivity (Wildman–Crippen MR) is 86.7 cm³/mol. The standard InChI is InChI=1S/C18H28N2O/c1-13(14-6-3-7-15(12-14)21-2)20-18-9-4-8-16(18)17-10-5-11-19-17/h3,6-7,12-13,16-20H,4-5,8-11H2,1-2H3. The third-order valence-corrected chi connectivity index (χ3v) is 5.24. The maximum atomic E-state index is 5.34. The number of hydrogen-bond donors (Lipinski definition) is 2. The Kier molecular flexibility index (Phi) is 4.81. The van der Waals surface area contributed by atoms with Crippen LogP contribution in [0.1, 0.15) is 50.6 Å². The van der Waals surface area contributed by atoms with Gasteiger partial charge in [0.1, 0.15) is 5.75 Å². The minimum Gasteiger partial charge on any atom is -0.497 e. The van der Waals surface area contributed by atoms with Crippen molar-refractivity contribution in [1.29, 1.82) is 0 Å². The number of ether oxygens (including phenoxy) is 1. The monoisotopic (exact) mass is 288 g/mol. The SMILES string of the molecule is COc1cccc(C(C)NC2CCCC2C2CCCN2)c1. The summed E-state index contributed by atoms with van der Waals surface area (Å²) in [6.45, 7) is 3.48. The van der Waals surface area contributed by atoms with Crippen LogP contribution in [-0.2, 0) is 0 Å². The van der Waals surface area contributed by atoms with E-state index in [0.29, 0.717) is 12.1 Å². The molecule has 116 valence electrons. The van der Waals surface area contributed by atoms with Crippen LogP contribution in [0.25, 0.3) is 0 Å². The second kappa shape index (κ2) is 6.80. The molecule has 1 saturated heterocycles. The molecule has 1 aliphatic heterocycles. The zero-order valence-electron chi connectivity index (χ0n) is 13.3. The van der Waals surface area contributed by atoms with E-state index in [0.717, 1.165) is 17.7 Å². The average Bonchev–Trinajstić information content (AvgIpc) is 3.18. The van der Waals surface area contributed by atoms with Crippen molar-refractivity contribution in [3.8, 4) is 5.75 Å². The first-order chi connectivity index (χ1) is 10.3. The first-order valence-corrected chi connectivity index (χ1v) is 8.41. The predicted octanol–water partition coefficient (Wildman–Crippen LogP) is 3.27. The molecule has 3 nitrogen and oxygen atoms in total. The summed E-state index contributed by atoms with van der Waals surface area (Å²) in [5.41, 5.74) is 1.32. The fourth-order valence-electron chi connectivity index (χ4n) is 4.08. The molecule has 4 atom stereocenters. The molecule has 1 saturated carbocycles. The van der Waals surface area contributed by atoms with Crippen molar-refractivity contribution in [2.75, 3.05) is 13.7 Å². The maximum Gasteiger partial charge on any atom is 0.119 e. The Morgan fingerprint density at radius 3 is 2.90 bits per heavy atom. The fraction of sp³-hybridized carbons (Fsp3) is 0.667. The minimum atomic E-state index is 0.382. The summed E-state index contributed by atoms with van der Waals surface area (Å²) in [6, 6.07) is 10.2. The second-order valence-corrected chi connectivity index (χ2v) is 6.57. The van der Waals surface area contributed by atoms with E-state index in [-0.39, 0.29) is 0 Å². The Balaban J connectivity index is 1.64. The van der Waals surface area contributed by atoms with Gasteiger partial charge in [0.25, 0.3) is 0 Å². The third-order valence-electron chi connectivity index (χ3n) is 5.24. The summed E-state index contributed by atoms with van der Waals surface area (Å²) in [5.74, 6) is 1.75. The molecule has 1 aromatic rings. The molecule has 3 heteroatoms. The van der Waals surface area contributed by atoms with Gasteiger partial charge in [-0.1, -0.05) is 18.6 Å². The molecule has 0 radical (unpaired) electrons. The molecule has 0 amide bonds. The average molecular weight is 288 g/mol. The highest BCUT2D eigenvalue weighted by molar-refractivity contribution is 5.30. The summed E-state index contributed by atoms with van der Waals surface area (Å²) in [6.07, 6.45) is 6.76. The van der Waals surface area contributed by atoms with E-state index in [4.69, 9.17) is 4.74 Å². The highest BCUT2D eigenvalue weighted by Crippen LogP contribution is 2.33. The van der Waals surface area contributed by atoms with Gasteiger partial charge in [-0.25, -0.2) is 0 Å². The summed E-state index contributed by atoms with van der Waals surface area (Å²) in [5, 5.41) is 7.58. The molecule has 2 fully saturated rings. The number of hydrogen-bond acceptors (Lipinski definition) is 3. The topological polar surface area (TPSA) is 33.3 Å². The molecular weight excluding hydrogens is 260 g/mol. The first kappa shape index (κ1) is 14.9. The number of nitrogens with one attached hydrogen (secondary N) is 2. The van der Waals surface area contributed by atoms with Gasteiger partial charge in [0, 0.05) is 18.1 Å². The quantitative estimate of drug-likeness (QED) is 0.872. The molecule has 3 rings (SSSR count). The Bertz CT molecular complexity index is 456. The second-order valence-electron chi connectivity index (χ2n) is 6.57. The van der Waals surface area contributed by atoms with Crippen molar-refractivity contribution in [2.24, 2.45) is 5.92 Å². The number of methoxy groups -OCH3 is 1. The van der Waals surface area contributed by atoms with Crippen LogP contribution in [0.2, 0.25) is 0 Å². The minimum absolute atomic E-state index is 0.382. The van der Waals surface area contributed by atoms with Crippen molar-refractivity contribution in [2.45, 2.75) is 57.2 Å². The lowest BCUT2D eigenvalue weighted by Gasteiger charge is -2.29. The normalized spacial score (nSPS) is 30.5. The van der Waals surface area contributed by atoms with Crippen molar-refractivity contribution in [1.82, 2.24) is 10.6 Å². The van der Waals surface area contributed by atoms with Crippen LogP contribution < -0.4 is 15.4 Å². The van der Waals surface area contributed by atoms with Crippen molar-refractivity contribution in [3.05, 3.63) is 29.8 Å². The van der Waals surface area contributed by atoms with Gasteiger partial charge in [0.15, 0.2) is 0 Å². The highest BCUT2D eigenvalue weighted by atomic mass is 16.5. The largest absolute Gasteiger partial charge is 0.497 e. The van der Waals surface area contributed by atoms with Crippen LogP contribution in [0.15, 0.2) is 24.3 Å². The van der Waals surface area contributed by atoms with E-state index in [1.807, 2.05) is 6.07 Å². The lowest BCUT2D eigenvalue weighted by Crippen LogP contribution is -2.42. The molecule has 4 unspecified atom stereocenters. The summed E-state index contributed by atoms with van der Waals surface area (Å²) in [4.78, 5) is 0. The zero-order chi connectivity index (χ0) is 14.7. The van der Waals surface area contributed by atoms with E-state index in [1.54, 1.807) is 7.11 Å². The molecular formula is C18H28N2O. The van der Waals surface area contributed by atoms with Crippen LogP contribution in [0.5, 0.6) is 5.75 Å². The summed E-state index contributed by atoms with van der Waals surface area (Å²) < 4.78 is 5.34. The van der Waals surface area contributed by atoms with Crippen LogP contribution in [0.4, 0.5) is 0 Å². The lowest BCUT2D eigenvalue weighted by molar-refractivity contribution is 0.303. The Morgan fingerprint density at radius 2 is 2.14 bits per heavy atom. The van der Waals surface area contributed by atoms with Crippen molar-refractivity contribution < 1.29 is 4.74 Å². The third kappa shape index (κ3) is 3.41. The van der Waals surface area contributed by atoms with E-state index in [2.05, 4.69) is 35.8 Å². The van der Waals surface area contributed by atoms with Gasteiger partial charge in [0.2, 0.25) is 0 Å². The van der Waals surface area contributed by atoms with Gasteiger partial charge >= 0.3 is 0 Å². The first-order valence-electron chi connectivity index (χ1n) is 8.41. The summed E-state index contributed by atoms with van der Waals surface area (Å²) >= 11 is 0. The van der Waals surface area contributed by atoms with Crippen LogP contribution in [0.3, 0.4) is 0 Å². The van der Waals surface area contributed by atoms with Gasteiger partial charge in [0.05, 0.1) is 7.11 Å². The highest BCUT2D eigenvalue weighted by Gasteiger charge is 2.35. The van der Waals surface area contributed by atoms with Crippen molar-refractivity contribution >= 4 is 0 Å². The van der Waals surface area contributed by atoms with Crippen LogP contribution >= 0.6 is 0 Å². The van der Waals surface area contributed by atoms with Gasteiger partial charge in [-0.3, -0.25) is 0 Å². The molecule has 21 heavy (non-hydrogen) atoms. The maximum absolute atomic E-state index is 5.34. The van der Waals surface area contributed by atoms with Gasteiger partial charge < -0.3 is 15.4 Å². The van der Waals surface area contributed by atoms with E-state index in [9.17, 15) is 0 Å². The van der Waals surface area contributed by atoms with Gasteiger partial charge in [-0.15, -0.1) is 0 Å². The lowest BCUT2D eigenvalue weighted by atomic mass is 9.92. The van der Waals surface area contributed by atoms with E-state index >= 15 is 0 Å². The molecule has 1 aliphatic carbocycles.